The summed E-state index contributed by atoms with van der Waals surface area (Å²) in [6, 6.07) is 17.2. The van der Waals surface area contributed by atoms with Gasteiger partial charge in [0.1, 0.15) is 0 Å². The fraction of sp³-hybridized carbons (Fsp3) is 0.385. The van der Waals surface area contributed by atoms with Crippen LogP contribution in [0.5, 0.6) is 0 Å². The van der Waals surface area contributed by atoms with Gasteiger partial charge in [0.05, 0.1) is 17.8 Å². The number of hydrogen-bond acceptors (Lipinski definition) is 3. The molecule has 3 aromatic rings. The number of nitrogens with zero attached hydrogens (tertiary/aromatic N) is 4. The molecule has 1 N–H and O–H groups in total. The van der Waals surface area contributed by atoms with Crippen LogP contribution in [0.4, 0.5) is 0 Å². The van der Waals surface area contributed by atoms with E-state index in [1.807, 2.05) is 18.3 Å². The van der Waals surface area contributed by atoms with Crippen molar-refractivity contribution in [2.45, 2.75) is 39.3 Å². The molecule has 1 fully saturated rings. The lowest BCUT2D eigenvalue weighted by Gasteiger charge is -2.29. The minimum absolute atomic E-state index is 0.0150. The molecule has 0 bridgehead atoms. The highest BCUT2D eigenvalue weighted by Gasteiger charge is 2.41. The van der Waals surface area contributed by atoms with Crippen LogP contribution in [0.15, 0.2) is 54.7 Å². The summed E-state index contributed by atoms with van der Waals surface area (Å²) in [6.07, 6.45) is 2.86. The molecule has 0 aliphatic carbocycles. The molecule has 0 saturated carbocycles. The molecule has 1 saturated heterocycles. The minimum Gasteiger partial charge on any atom is -0.352 e. The predicted octanol–water partition coefficient (Wildman–Crippen LogP) is 4.59. The average molecular weight is 448 g/mol. The number of rotatable bonds is 7. The van der Waals surface area contributed by atoms with Crippen LogP contribution in [0.2, 0.25) is 0 Å². The van der Waals surface area contributed by atoms with E-state index in [0.717, 1.165) is 30.3 Å². The number of thiocarbonyl (C=S) groups is 1. The minimum atomic E-state index is 0.0150. The van der Waals surface area contributed by atoms with Crippen LogP contribution in [0, 0.1) is 13.8 Å². The number of benzene rings is 1. The van der Waals surface area contributed by atoms with Gasteiger partial charge in [-0.3, -0.25) is 4.98 Å². The molecule has 1 aliphatic rings. The zero-order valence-corrected chi connectivity index (χ0v) is 20.5. The van der Waals surface area contributed by atoms with E-state index in [-0.39, 0.29) is 12.1 Å². The lowest BCUT2D eigenvalue weighted by atomic mass is 9.96. The highest BCUT2D eigenvalue weighted by molar-refractivity contribution is 7.80. The number of nitrogens with one attached hydrogen (secondary N) is 1. The topological polar surface area (TPSA) is 36.3 Å². The van der Waals surface area contributed by atoms with Gasteiger partial charge in [0.25, 0.3) is 0 Å². The maximum Gasteiger partial charge on any atom is 0.170 e. The van der Waals surface area contributed by atoms with Gasteiger partial charge in [0.15, 0.2) is 5.11 Å². The normalized spacial score (nSPS) is 18.4. The van der Waals surface area contributed by atoms with Crippen molar-refractivity contribution in [2.75, 3.05) is 27.2 Å². The molecule has 168 valence electrons. The highest BCUT2D eigenvalue weighted by atomic mass is 32.1. The van der Waals surface area contributed by atoms with E-state index in [1.165, 1.54) is 28.2 Å². The molecule has 0 amide bonds. The Hall–Kier alpha value is -2.70. The molecule has 32 heavy (non-hydrogen) atoms. The lowest BCUT2D eigenvalue weighted by Crippen LogP contribution is -2.35. The third kappa shape index (κ3) is 4.17. The van der Waals surface area contributed by atoms with Crippen molar-refractivity contribution in [3.8, 4) is 5.69 Å². The van der Waals surface area contributed by atoms with Gasteiger partial charge in [-0.2, -0.15) is 0 Å². The van der Waals surface area contributed by atoms with Gasteiger partial charge in [-0.25, -0.2) is 0 Å². The van der Waals surface area contributed by atoms with Crippen molar-refractivity contribution < 1.29 is 0 Å². The van der Waals surface area contributed by atoms with E-state index < -0.39 is 0 Å². The number of aromatic nitrogens is 2. The molecule has 1 aromatic carbocycles. The summed E-state index contributed by atoms with van der Waals surface area (Å²) in [7, 11) is 4.21. The molecular formula is C26H33N5S. The first-order chi connectivity index (χ1) is 15.4. The Bertz CT molecular complexity index is 1090. The van der Waals surface area contributed by atoms with Gasteiger partial charge in [0, 0.05) is 36.4 Å². The van der Waals surface area contributed by atoms with Gasteiger partial charge < -0.3 is 19.7 Å². The van der Waals surface area contributed by atoms with E-state index in [1.54, 1.807) is 0 Å². The fourth-order valence-corrected chi connectivity index (χ4v) is 5.11. The van der Waals surface area contributed by atoms with Crippen molar-refractivity contribution in [1.82, 2.24) is 24.7 Å². The Morgan fingerprint density at radius 3 is 2.53 bits per heavy atom. The maximum atomic E-state index is 5.82. The second kappa shape index (κ2) is 9.43. The molecule has 1 aliphatic heterocycles. The molecule has 4 rings (SSSR count). The first-order valence-corrected chi connectivity index (χ1v) is 11.7. The smallest absolute Gasteiger partial charge is 0.170 e. The summed E-state index contributed by atoms with van der Waals surface area (Å²) in [5.41, 5.74) is 7.44. The number of para-hydroxylation sites is 1. The van der Waals surface area contributed by atoms with Crippen LogP contribution in [0.1, 0.15) is 47.2 Å². The Balaban J connectivity index is 1.83. The van der Waals surface area contributed by atoms with Crippen LogP contribution in [-0.2, 0) is 6.42 Å². The first-order valence-electron chi connectivity index (χ1n) is 11.3. The van der Waals surface area contributed by atoms with Crippen LogP contribution < -0.4 is 5.32 Å². The molecular weight excluding hydrogens is 414 g/mol. The lowest BCUT2D eigenvalue weighted by molar-refractivity contribution is 0.277. The molecule has 0 spiro atoms. The zero-order chi connectivity index (χ0) is 22.8. The zero-order valence-electron chi connectivity index (χ0n) is 19.7. The standard InChI is InChI=1S/C26H33N5S/c1-6-20-11-7-8-13-23(20)31-18(2)17-21(19(31)3)25-24(22-12-9-10-14-27-22)28-26(32)30(25)16-15-29(4)5/h7-14,17,24-25H,6,15-16H2,1-5H3,(H,28,32)/t24-,25+/m0/s1. The molecule has 0 unspecified atom stereocenters. The number of aryl methyl sites for hydroxylation is 2. The second-order valence-electron chi connectivity index (χ2n) is 8.77. The summed E-state index contributed by atoms with van der Waals surface area (Å²) in [6.45, 7) is 8.44. The van der Waals surface area contributed by atoms with E-state index >= 15 is 0 Å². The van der Waals surface area contributed by atoms with Gasteiger partial charge in [-0.15, -0.1) is 0 Å². The van der Waals surface area contributed by atoms with Crippen LogP contribution in [0.25, 0.3) is 5.69 Å². The van der Waals surface area contributed by atoms with Gasteiger partial charge in [0.2, 0.25) is 0 Å². The fourth-order valence-electron chi connectivity index (χ4n) is 4.78. The van der Waals surface area contributed by atoms with Crippen molar-refractivity contribution >= 4 is 17.3 Å². The SMILES string of the molecule is CCc1ccccc1-n1c(C)cc([C@@H]2[C@H](c3ccccn3)NC(=S)N2CCN(C)C)c1C. The average Bonchev–Trinajstić information content (AvgIpc) is 3.27. The van der Waals surface area contributed by atoms with Crippen LogP contribution in [0.3, 0.4) is 0 Å². The van der Waals surface area contributed by atoms with E-state index in [9.17, 15) is 0 Å². The monoisotopic (exact) mass is 447 g/mol. The third-order valence-electron chi connectivity index (χ3n) is 6.39. The van der Waals surface area contributed by atoms with E-state index in [0.29, 0.717) is 0 Å². The molecule has 2 aromatic heterocycles. The van der Waals surface area contributed by atoms with Crippen molar-refractivity contribution in [3.63, 3.8) is 0 Å². The first kappa shape index (κ1) is 22.5. The summed E-state index contributed by atoms with van der Waals surface area (Å²) in [5, 5.41) is 4.38. The van der Waals surface area contributed by atoms with Crippen molar-refractivity contribution in [3.05, 3.63) is 82.9 Å². The Labute approximate surface area is 197 Å². The summed E-state index contributed by atoms with van der Waals surface area (Å²) >= 11 is 5.82. The maximum absolute atomic E-state index is 5.82. The number of pyridine rings is 1. The molecule has 6 heteroatoms. The molecule has 5 nitrogen and oxygen atoms in total. The van der Waals surface area contributed by atoms with E-state index in [2.05, 4.69) is 95.9 Å². The summed E-state index contributed by atoms with van der Waals surface area (Å²) in [5.74, 6) is 0. The van der Waals surface area contributed by atoms with E-state index in [4.69, 9.17) is 12.2 Å². The quantitative estimate of drug-likeness (QED) is 0.536. The Kier molecular flexibility index (Phi) is 6.63. The van der Waals surface area contributed by atoms with Crippen LogP contribution in [-0.4, -0.2) is 51.6 Å². The van der Waals surface area contributed by atoms with Crippen molar-refractivity contribution in [1.29, 1.82) is 0 Å². The van der Waals surface area contributed by atoms with Crippen LogP contribution >= 0.6 is 12.2 Å². The number of likely N-dealkylation sites (N-methyl/N-ethyl adjacent to an activating group) is 1. The van der Waals surface area contributed by atoms with Gasteiger partial charge in [-0.1, -0.05) is 31.2 Å². The molecule has 2 atom stereocenters. The van der Waals surface area contributed by atoms with Gasteiger partial charge >= 0.3 is 0 Å². The summed E-state index contributed by atoms with van der Waals surface area (Å²) < 4.78 is 2.40. The Morgan fingerprint density at radius 1 is 1.09 bits per heavy atom. The number of hydrogen-bond donors (Lipinski definition) is 1. The summed E-state index contributed by atoms with van der Waals surface area (Å²) in [4.78, 5) is 9.22. The Morgan fingerprint density at radius 2 is 1.84 bits per heavy atom. The predicted molar refractivity (Wildman–Crippen MR) is 135 cm³/mol. The third-order valence-corrected chi connectivity index (χ3v) is 6.74. The largest absolute Gasteiger partial charge is 0.352 e. The molecule has 3 heterocycles. The second-order valence-corrected chi connectivity index (χ2v) is 9.15. The highest BCUT2D eigenvalue weighted by Crippen LogP contribution is 2.41. The van der Waals surface area contributed by atoms with Crippen molar-refractivity contribution in [2.24, 2.45) is 0 Å². The molecule has 0 radical (unpaired) electrons. The van der Waals surface area contributed by atoms with Gasteiger partial charge in [-0.05, 0) is 82.0 Å².